The van der Waals surface area contributed by atoms with E-state index in [1.807, 2.05) is 18.2 Å². The van der Waals surface area contributed by atoms with Crippen molar-refractivity contribution in [3.05, 3.63) is 53.6 Å². The maximum atomic E-state index is 11.0. The van der Waals surface area contributed by atoms with Crippen LogP contribution in [0.25, 0.3) is 11.1 Å². The van der Waals surface area contributed by atoms with Gasteiger partial charge in [-0.15, -0.1) is 0 Å². The molecule has 0 unspecified atom stereocenters. The molecule has 0 radical (unpaired) electrons. The Hall–Kier alpha value is -2.09. The highest BCUT2D eigenvalue weighted by Gasteiger charge is 2.06. The summed E-state index contributed by atoms with van der Waals surface area (Å²) in [5, 5.41) is 0. The Bertz CT molecular complexity index is 568. The predicted molar refractivity (Wildman–Crippen MR) is 77.9 cm³/mol. The number of aldehydes is 1. The normalized spacial score (nSPS) is 10.5. The van der Waals surface area contributed by atoms with Gasteiger partial charge >= 0.3 is 0 Å². The minimum absolute atomic E-state index is 0.524. The minimum atomic E-state index is 0.524. The lowest BCUT2D eigenvalue weighted by Gasteiger charge is -2.09. The quantitative estimate of drug-likeness (QED) is 0.760. The van der Waals surface area contributed by atoms with Crippen molar-refractivity contribution in [3.63, 3.8) is 0 Å². The molecule has 0 aliphatic rings. The average Bonchev–Trinajstić information content (AvgIpc) is 2.46. The van der Waals surface area contributed by atoms with Crippen LogP contribution < -0.4 is 4.74 Å². The summed E-state index contributed by atoms with van der Waals surface area (Å²) in [5.41, 5.74) is 4.02. The number of rotatable bonds is 4. The lowest BCUT2D eigenvalue weighted by atomic mass is 9.98. The summed E-state index contributed by atoms with van der Waals surface area (Å²) < 4.78 is 5.15. The van der Waals surface area contributed by atoms with Crippen LogP contribution in [0, 0.1) is 0 Å². The Morgan fingerprint density at radius 1 is 1.00 bits per heavy atom. The summed E-state index contributed by atoms with van der Waals surface area (Å²) in [6.45, 7) is 4.35. The Morgan fingerprint density at radius 3 is 2.16 bits per heavy atom. The molecule has 0 spiro atoms. The third-order valence-electron chi connectivity index (χ3n) is 3.27. The van der Waals surface area contributed by atoms with Gasteiger partial charge in [-0.1, -0.05) is 44.2 Å². The van der Waals surface area contributed by atoms with Gasteiger partial charge in [0, 0.05) is 0 Å². The molecule has 0 saturated heterocycles. The Morgan fingerprint density at radius 2 is 1.63 bits per heavy atom. The Labute approximate surface area is 114 Å². The van der Waals surface area contributed by atoms with Crippen LogP contribution >= 0.6 is 0 Å². The van der Waals surface area contributed by atoms with E-state index in [1.165, 1.54) is 5.56 Å². The van der Waals surface area contributed by atoms with E-state index in [2.05, 4.69) is 38.1 Å². The fourth-order valence-electron chi connectivity index (χ4n) is 2.07. The van der Waals surface area contributed by atoms with Crippen molar-refractivity contribution in [2.75, 3.05) is 7.11 Å². The minimum Gasteiger partial charge on any atom is -0.496 e. The Kier molecular flexibility index (Phi) is 4.00. The number of hydrogen-bond donors (Lipinski definition) is 0. The summed E-state index contributed by atoms with van der Waals surface area (Å²) in [6.07, 6.45) is 0.824. The zero-order chi connectivity index (χ0) is 13.8. The first-order valence-corrected chi connectivity index (χ1v) is 6.39. The molecular formula is C17H18O2. The molecule has 2 rings (SSSR count). The van der Waals surface area contributed by atoms with Gasteiger partial charge < -0.3 is 4.74 Å². The molecule has 0 N–H and O–H groups in total. The van der Waals surface area contributed by atoms with Gasteiger partial charge in [-0.05, 0) is 34.7 Å². The summed E-state index contributed by atoms with van der Waals surface area (Å²) in [5.74, 6) is 1.13. The first-order valence-electron chi connectivity index (χ1n) is 6.39. The highest BCUT2D eigenvalue weighted by atomic mass is 16.5. The highest BCUT2D eigenvalue weighted by Crippen LogP contribution is 2.27. The van der Waals surface area contributed by atoms with Crippen LogP contribution in [0.4, 0.5) is 0 Å². The van der Waals surface area contributed by atoms with Gasteiger partial charge in [0.15, 0.2) is 6.29 Å². The molecule has 2 heteroatoms. The number of carbonyl (C=O) groups excluding carboxylic acids is 1. The van der Waals surface area contributed by atoms with Crippen molar-refractivity contribution < 1.29 is 9.53 Å². The van der Waals surface area contributed by atoms with E-state index in [9.17, 15) is 4.79 Å². The second-order valence-electron chi connectivity index (χ2n) is 4.85. The number of methoxy groups -OCH3 is 1. The van der Waals surface area contributed by atoms with Crippen LogP contribution in [0.3, 0.4) is 0 Å². The fourth-order valence-corrected chi connectivity index (χ4v) is 2.07. The number of ether oxygens (including phenoxy) is 1. The summed E-state index contributed by atoms with van der Waals surface area (Å²) >= 11 is 0. The van der Waals surface area contributed by atoms with Crippen LogP contribution in [0.1, 0.15) is 35.7 Å². The second kappa shape index (κ2) is 5.70. The zero-order valence-corrected chi connectivity index (χ0v) is 11.5. The van der Waals surface area contributed by atoms with Crippen molar-refractivity contribution in [1.82, 2.24) is 0 Å². The topological polar surface area (TPSA) is 26.3 Å². The maximum absolute atomic E-state index is 11.0. The first-order chi connectivity index (χ1) is 9.15. The first kappa shape index (κ1) is 13.3. The number of hydrogen-bond acceptors (Lipinski definition) is 2. The van der Waals surface area contributed by atoms with Crippen molar-refractivity contribution in [1.29, 1.82) is 0 Å². The largest absolute Gasteiger partial charge is 0.496 e. The predicted octanol–water partition coefficient (Wildman–Crippen LogP) is 4.30. The number of benzene rings is 2. The van der Waals surface area contributed by atoms with E-state index in [0.717, 1.165) is 17.4 Å². The summed E-state index contributed by atoms with van der Waals surface area (Å²) in [4.78, 5) is 11.0. The molecule has 0 aliphatic carbocycles. The monoisotopic (exact) mass is 254 g/mol. The molecule has 0 bridgehead atoms. The smallest absolute Gasteiger partial charge is 0.153 e. The standard InChI is InChI=1S/C17H18O2/c1-12(2)13-4-6-14(7-5-13)15-8-9-17(19-3)16(10-15)11-18/h4-12H,1-3H3. The van der Waals surface area contributed by atoms with Gasteiger partial charge in [0.2, 0.25) is 0 Å². The average molecular weight is 254 g/mol. The van der Waals surface area contributed by atoms with Gasteiger partial charge in [-0.3, -0.25) is 4.79 Å². The molecule has 0 aromatic heterocycles. The number of carbonyl (C=O) groups is 1. The molecule has 0 fully saturated rings. The van der Waals surface area contributed by atoms with Gasteiger partial charge in [0.25, 0.3) is 0 Å². The molecule has 0 amide bonds. The summed E-state index contributed by atoms with van der Waals surface area (Å²) in [7, 11) is 1.57. The second-order valence-corrected chi connectivity index (χ2v) is 4.85. The molecule has 0 saturated carbocycles. The van der Waals surface area contributed by atoms with Crippen molar-refractivity contribution in [2.45, 2.75) is 19.8 Å². The molecule has 0 heterocycles. The van der Waals surface area contributed by atoms with Crippen LogP contribution in [-0.4, -0.2) is 13.4 Å². The SMILES string of the molecule is COc1ccc(-c2ccc(C(C)C)cc2)cc1C=O. The zero-order valence-electron chi connectivity index (χ0n) is 11.5. The van der Waals surface area contributed by atoms with Gasteiger partial charge in [0.05, 0.1) is 12.7 Å². The van der Waals surface area contributed by atoms with Crippen LogP contribution in [-0.2, 0) is 0 Å². The third-order valence-corrected chi connectivity index (χ3v) is 3.27. The molecule has 19 heavy (non-hydrogen) atoms. The molecule has 0 aliphatic heterocycles. The molecule has 2 nitrogen and oxygen atoms in total. The van der Waals surface area contributed by atoms with Crippen molar-refractivity contribution in [2.24, 2.45) is 0 Å². The van der Waals surface area contributed by atoms with E-state index in [1.54, 1.807) is 7.11 Å². The molecule has 2 aromatic carbocycles. The van der Waals surface area contributed by atoms with Crippen LogP contribution in [0.5, 0.6) is 5.75 Å². The van der Waals surface area contributed by atoms with E-state index < -0.39 is 0 Å². The van der Waals surface area contributed by atoms with Crippen molar-refractivity contribution in [3.8, 4) is 16.9 Å². The van der Waals surface area contributed by atoms with E-state index in [0.29, 0.717) is 17.2 Å². The third kappa shape index (κ3) is 2.84. The van der Waals surface area contributed by atoms with Crippen LogP contribution in [0.2, 0.25) is 0 Å². The highest BCUT2D eigenvalue weighted by molar-refractivity contribution is 5.83. The van der Waals surface area contributed by atoms with E-state index in [-0.39, 0.29) is 0 Å². The summed E-state index contributed by atoms with van der Waals surface area (Å²) in [6, 6.07) is 14.1. The van der Waals surface area contributed by atoms with Gasteiger partial charge in [-0.2, -0.15) is 0 Å². The molecule has 2 aromatic rings. The van der Waals surface area contributed by atoms with E-state index >= 15 is 0 Å². The van der Waals surface area contributed by atoms with Crippen LogP contribution in [0.15, 0.2) is 42.5 Å². The Balaban J connectivity index is 2.38. The molecular weight excluding hydrogens is 236 g/mol. The maximum Gasteiger partial charge on any atom is 0.153 e. The lowest BCUT2D eigenvalue weighted by Crippen LogP contribution is -1.91. The lowest BCUT2D eigenvalue weighted by molar-refractivity contribution is 0.112. The molecule has 98 valence electrons. The van der Waals surface area contributed by atoms with Crippen molar-refractivity contribution >= 4 is 6.29 Å². The van der Waals surface area contributed by atoms with E-state index in [4.69, 9.17) is 4.74 Å². The fraction of sp³-hybridized carbons (Fsp3) is 0.235. The van der Waals surface area contributed by atoms with Gasteiger partial charge in [0.1, 0.15) is 5.75 Å². The molecule has 0 atom stereocenters. The van der Waals surface area contributed by atoms with Gasteiger partial charge in [-0.25, -0.2) is 0 Å².